The predicted molar refractivity (Wildman–Crippen MR) is 135 cm³/mol. The third-order valence-electron chi connectivity index (χ3n) is 5.65. The largest absolute Gasteiger partial charge is 0.507 e. The quantitative estimate of drug-likeness (QED) is 0.389. The Morgan fingerprint density at radius 1 is 0.594 bits per heavy atom. The average Bonchev–Trinajstić information content (AvgIpc) is 2.54. The van der Waals surface area contributed by atoms with Gasteiger partial charge < -0.3 is 10.2 Å². The molecule has 0 aliphatic carbocycles. The summed E-state index contributed by atoms with van der Waals surface area (Å²) < 4.78 is 0. The molecule has 0 aromatic heterocycles. The first kappa shape index (κ1) is 28.9. The first-order valence-electron chi connectivity index (χ1n) is 11.2. The zero-order chi connectivity index (χ0) is 23.8. The van der Waals surface area contributed by atoms with Crippen molar-refractivity contribution in [2.75, 3.05) is 0 Å². The Labute approximate surface area is 210 Å². The summed E-state index contributed by atoms with van der Waals surface area (Å²) in [5.41, 5.74) is 2.79. The minimum absolute atomic E-state index is 0. The van der Waals surface area contributed by atoms with Crippen LogP contribution in [0.1, 0.15) is 93.2 Å². The van der Waals surface area contributed by atoms with Crippen LogP contribution < -0.4 is 0 Å². The molecule has 182 valence electrons. The van der Waals surface area contributed by atoms with E-state index in [0.717, 1.165) is 22.6 Å². The Bertz CT molecular complexity index is 843. The van der Waals surface area contributed by atoms with E-state index in [1.165, 1.54) is 22.9 Å². The van der Waals surface area contributed by atoms with Crippen LogP contribution >= 0.6 is 11.8 Å². The molecule has 4 heteroatoms. The normalized spacial score (nSPS) is 13.1. The summed E-state index contributed by atoms with van der Waals surface area (Å²) in [4.78, 5) is 1.56. The summed E-state index contributed by atoms with van der Waals surface area (Å²) in [5.74, 6) is 0.498. The van der Waals surface area contributed by atoms with Crippen LogP contribution in [0.3, 0.4) is 0 Å². The van der Waals surface area contributed by atoms with Crippen molar-refractivity contribution in [1.82, 2.24) is 0 Å². The molecule has 0 amide bonds. The van der Waals surface area contributed by atoms with Crippen molar-refractivity contribution in [3.63, 3.8) is 0 Å². The van der Waals surface area contributed by atoms with Gasteiger partial charge in [0.05, 0.1) is 9.79 Å². The summed E-state index contributed by atoms with van der Waals surface area (Å²) in [6.45, 7) is 22.6. The van der Waals surface area contributed by atoms with E-state index in [-0.39, 0.29) is 49.7 Å². The first-order valence-corrected chi connectivity index (χ1v) is 12.1. The smallest absolute Gasteiger partial charge is 0.129 e. The number of aromatic hydroxyl groups is 2. The van der Waals surface area contributed by atoms with Crippen LogP contribution in [0, 0.1) is 10.8 Å². The van der Waals surface area contributed by atoms with Crippen molar-refractivity contribution >= 4 is 11.8 Å². The third-order valence-corrected chi connectivity index (χ3v) is 6.74. The number of phenolic OH excluding ortho intramolecular Hbond substituents is 2. The van der Waals surface area contributed by atoms with Crippen molar-refractivity contribution in [2.24, 2.45) is 10.8 Å². The number of hydrogen-bond acceptors (Lipinski definition) is 3. The molecule has 2 aromatic rings. The number of hydrogen-bond donors (Lipinski definition) is 2. The van der Waals surface area contributed by atoms with Crippen LogP contribution in [0.4, 0.5) is 0 Å². The van der Waals surface area contributed by atoms with E-state index in [9.17, 15) is 10.2 Å². The van der Waals surface area contributed by atoms with Gasteiger partial charge in [-0.2, -0.15) is 0 Å². The maximum Gasteiger partial charge on any atom is 0.129 e. The van der Waals surface area contributed by atoms with Crippen molar-refractivity contribution in [1.29, 1.82) is 0 Å². The molecule has 2 N–H and O–H groups in total. The number of rotatable bonds is 6. The van der Waals surface area contributed by atoms with Crippen LogP contribution in [0.5, 0.6) is 11.5 Å². The molecule has 2 nitrogen and oxygen atoms in total. The van der Waals surface area contributed by atoms with Crippen molar-refractivity contribution < 1.29 is 26.7 Å². The molecular weight excluding hydrogens is 459 g/mol. The summed E-state index contributed by atoms with van der Waals surface area (Å²) in [6.07, 6.45) is 2.08. The van der Waals surface area contributed by atoms with Crippen LogP contribution in [0.2, 0.25) is 0 Å². The zero-order valence-electron chi connectivity index (χ0n) is 21.5. The molecule has 0 bridgehead atoms. The number of phenols is 2. The van der Waals surface area contributed by atoms with E-state index < -0.39 is 0 Å². The molecule has 0 unspecified atom stereocenters. The number of benzene rings is 2. The Balaban J connectivity index is 0.00000512. The molecule has 0 heterocycles. The molecular formula is C28H42NiO2S. The van der Waals surface area contributed by atoms with Gasteiger partial charge in [0.2, 0.25) is 0 Å². The van der Waals surface area contributed by atoms with Crippen LogP contribution in [0.25, 0.3) is 0 Å². The van der Waals surface area contributed by atoms with Crippen LogP contribution in [-0.2, 0) is 27.3 Å². The SMILES string of the molecule is CC(C)(C)CC(C)(C)c1ccc(O)c(Sc2cc(C(C)(C)CC(C)(C)C)ccc2O)c1.[Ni]. The first-order chi connectivity index (χ1) is 13.9. The molecule has 0 aliphatic rings. The Morgan fingerprint density at radius 2 is 0.906 bits per heavy atom. The minimum atomic E-state index is -0.0140. The molecule has 2 rings (SSSR count). The Kier molecular flexibility index (Phi) is 9.05. The molecule has 0 fully saturated rings. The van der Waals surface area contributed by atoms with E-state index in [2.05, 4.69) is 81.4 Å². The summed E-state index contributed by atoms with van der Waals surface area (Å²) in [6, 6.07) is 11.8. The second-order valence-corrected chi connectivity index (χ2v) is 13.8. The van der Waals surface area contributed by atoms with Gasteiger partial charge in [0, 0.05) is 16.5 Å². The molecule has 0 atom stereocenters. The van der Waals surface area contributed by atoms with E-state index in [0.29, 0.717) is 0 Å². The third kappa shape index (κ3) is 8.03. The monoisotopic (exact) mass is 500 g/mol. The van der Waals surface area contributed by atoms with Gasteiger partial charge in [-0.1, -0.05) is 93.1 Å². The van der Waals surface area contributed by atoms with Gasteiger partial charge >= 0.3 is 0 Å². The van der Waals surface area contributed by atoms with E-state index in [4.69, 9.17) is 0 Å². The maximum atomic E-state index is 10.6. The zero-order valence-corrected chi connectivity index (χ0v) is 23.3. The van der Waals surface area contributed by atoms with Gasteiger partial charge in [-0.15, -0.1) is 0 Å². The second kappa shape index (κ2) is 10.0. The fourth-order valence-electron chi connectivity index (χ4n) is 5.01. The molecule has 0 saturated carbocycles. The van der Waals surface area contributed by atoms with Crippen LogP contribution in [0.15, 0.2) is 46.2 Å². The van der Waals surface area contributed by atoms with E-state index >= 15 is 0 Å². The van der Waals surface area contributed by atoms with Gasteiger partial charge in [0.1, 0.15) is 11.5 Å². The van der Waals surface area contributed by atoms with Crippen LogP contribution in [-0.4, -0.2) is 10.2 Å². The summed E-state index contributed by atoms with van der Waals surface area (Å²) in [7, 11) is 0. The Hall–Kier alpha value is -1.12. The van der Waals surface area contributed by atoms with Gasteiger partial charge in [-0.05, 0) is 69.9 Å². The van der Waals surface area contributed by atoms with E-state index in [1.807, 2.05) is 12.1 Å². The molecule has 2 aromatic carbocycles. The predicted octanol–water partition coefficient (Wildman–Crippen LogP) is 8.67. The standard InChI is InChI=1S/C28H42O2S.Ni/c1-25(2,3)17-27(7,8)19-11-13-21(29)23(15-19)31-24-16-20(12-14-22(24)30)28(9,10)18-26(4,5)6;/h11-16,29-30H,17-18H2,1-10H3;. The van der Waals surface area contributed by atoms with E-state index in [1.54, 1.807) is 12.1 Å². The topological polar surface area (TPSA) is 40.5 Å². The summed E-state index contributed by atoms with van der Waals surface area (Å²) >= 11 is 1.44. The van der Waals surface area contributed by atoms with Crippen molar-refractivity contribution in [3.8, 4) is 11.5 Å². The molecule has 0 radical (unpaired) electrons. The fourth-order valence-corrected chi connectivity index (χ4v) is 5.96. The maximum absolute atomic E-state index is 10.6. The van der Waals surface area contributed by atoms with Crippen molar-refractivity contribution in [3.05, 3.63) is 47.5 Å². The summed E-state index contributed by atoms with van der Waals surface area (Å²) in [5, 5.41) is 21.1. The molecule has 0 saturated heterocycles. The minimum Gasteiger partial charge on any atom is -0.507 e. The molecule has 0 aliphatic heterocycles. The van der Waals surface area contributed by atoms with Gasteiger partial charge in [0.15, 0.2) is 0 Å². The second-order valence-electron chi connectivity index (χ2n) is 12.7. The Morgan fingerprint density at radius 3 is 1.19 bits per heavy atom. The molecule has 32 heavy (non-hydrogen) atoms. The van der Waals surface area contributed by atoms with Gasteiger partial charge in [-0.25, -0.2) is 0 Å². The average molecular weight is 501 g/mol. The van der Waals surface area contributed by atoms with Crippen molar-refractivity contribution in [2.45, 2.75) is 103 Å². The van der Waals surface area contributed by atoms with Gasteiger partial charge in [-0.3, -0.25) is 0 Å². The molecule has 0 spiro atoms. The fraction of sp³-hybridized carbons (Fsp3) is 0.571. The van der Waals surface area contributed by atoms with Gasteiger partial charge in [0.25, 0.3) is 0 Å².